The van der Waals surface area contributed by atoms with Crippen molar-refractivity contribution in [3.05, 3.63) is 0 Å². The molecule has 0 aromatic heterocycles. The van der Waals surface area contributed by atoms with Gasteiger partial charge in [-0.2, -0.15) is 0 Å². The van der Waals surface area contributed by atoms with Gasteiger partial charge in [0.25, 0.3) is 0 Å². The molecule has 0 aromatic rings. The van der Waals surface area contributed by atoms with Crippen molar-refractivity contribution in [2.24, 2.45) is 5.41 Å². The van der Waals surface area contributed by atoms with Gasteiger partial charge in [-0.15, -0.1) is 0 Å². The lowest BCUT2D eigenvalue weighted by atomic mass is 9.70. The van der Waals surface area contributed by atoms with Gasteiger partial charge in [-0.3, -0.25) is 14.5 Å². The maximum absolute atomic E-state index is 12.4. The lowest BCUT2D eigenvalue weighted by Gasteiger charge is -2.43. The van der Waals surface area contributed by atoms with Gasteiger partial charge in [0, 0.05) is 12.1 Å². The number of carbonyl (C=O) groups excluding carboxylic acids is 1. The third kappa shape index (κ3) is 4.25. The zero-order valence-corrected chi connectivity index (χ0v) is 15.0. The fraction of sp³-hybridized carbons (Fsp3) is 0.867. The Bertz CT molecular complexity index is 581. The third-order valence-electron chi connectivity index (χ3n) is 5.12. The molecular weight excluding hydrogens is 336 g/mol. The van der Waals surface area contributed by atoms with Crippen molar-refractivity contribution in [1.82, 2.24) is 9.62 Å². The van der Waals surface area contributed by atoms with E-state index in [1.165, 1.54) is 7.11 Å². The van der Waals surface area contributed by atoms with E-state index < -0.39 is 27.4 Å². The summed E-state index contributed by atoms with van der Waals surface area (Å²) in [5.74, 6) is -1.57. The summed E-state index contributed by atoms with van der Waals surface area (Å²) in [7, 11) is -2.30. The van der Waals surface area contributed by atoms with E-state index in [-0.39, 0.29) is 24.4 Å². The zero-order chi connectivity index (χ0) is 18.0. The minimum Gasteiger partial charge on any atom is -0.480 e. The van der Waals surface area contributed by atoms with E-state index in [9.17, 15) is 18.0 Å². The normalized spacial score (nSPS) is 25.6. The number of rotatable bonds is 9. The molecule has 138 valence electrons. The molecule has 2 rings (SSSR count). The molecule has 0 aromatic carbocycles. The van der Waals surface area contributed by atoms with Crippen LogP contribution in [0.3, 0.4) is 0 Å². The van der Waals surface area contributed by atoms with Crippen molar-refractivity contribution in [2.45, 2.75) is 51.1 Å². The van der Waals surface area contributed by atoms with Gasteiger partial charge in [0.2, 0.25) is 10.0 Å². The Morgan fingerprint density at radius 1 is 1.33 bits per heavy atom. The zero-order valence-electron chi connectivity index (χ0n) is 14.2. The first-order chi connectivity index (χ1) is 11.2. The molecule has 9 heteroatoms. The number of esters is 1. The van der Waals surface area contributed by atoms with E-state index in [0.29, 0.717) is 32.2 Å². The van der Waals surface area contributed by atoms with Crippen LogP contribution >= 0.6 is 0 Å². The first-order valence-corrected chi connectivity index (χ1v) is 9.91. The Morgan fingerprint density at radius 2 is 1.96 bits per heavy atom. The molecule has 8 nitrogen and oxygen atoms in total. The van der Waals surface area contributed by atoms with Crippen LogP contribution in [0, 0.1) is 5.41 Å². The first-order valence-electron chi connectivity index (χ1n) is 8.25. The van der Waals surface area contributed by atoms with Crippen LogP contribution < -0.4 is 4.72 Å². The molecule has 0 aliphatic heterocycles. The molecule has 2 fully saturated rings. The Kier molecular flexibility index (Phi) is 5.87. The van der Waals surface area contributed by atoms with Crippen molar-refractivity contribution in [1.29, 1.82) is 0 Å². The molecule has 0 unspecified atom stereocenters. The number of nitrogens with one attached hydrogen (secondary N) is 1. The highest BCUT2D eigenvalue weighted by molar-refractivity contribution is 7.89. The van der Waals surface area contributed by atoms with Crippen LogP contribution in [0.2, 0.25) is 0 Å². The number of carboxylic acids is 1. The monoisotopic (exact) mass is 362 g/mol. The van der Waals surface area contributed by atoms with Gasteiger partial charge in [0.15, 0.2) is 0 Å². The molecule has 2 aliphatic carbocycles. The highest BCUT2D eigenvalue weighted by Gasteiger charge is 2.49. The van der Waals surface area contributed by atoms with Crippen LogP contribution in [-0.2, 0) is 24.3 Å². The number of likely N-dealkylation sites (N-methyl/N-ethyl adjacent to an activating group) is 1. The fourth-order valence-corrected chi connectivity index (χ4v) is 5.46. The van der Waals surface area contributed by atoms with Gasteiger partial charge in [0.1, 0.15) is 0 Å². The van der Waals surface area contributed by atoms with Crippen molar-refractivity contribution < 1.29 is 27.9 Å². The molecule has 0 saturated heterocycles. The number of ether oxygens (including phenoxy) is 1. The summed E-state index contributed by atoms with van der Waals surface area (Å²) in [6.07, 6.45) is 3.08. The van der Waals surface area contributed by atoms with Crippen LogP contribution in [0.5, 0.6) is 0 Å². The van der Waals surface area contributed by atoms with E-state index in [0.717, 1.165) is 6.42 Å². The largest absolute Gasteiger partial charge is 0.480 e. The smallest absolute Gasteiger partial charge is 0.317 e. The number of nitrogens with zero attached hydrogens (tertiary/aromatic N) is 1. The fourth-order valence-electron chi connectivity index (χ4n) is 3.54. The highest BCUT2D eigenvalue weighted by Crippen LogP contribution is 2.43. The summed E-state index contributed by atoms with van der Waals surface area (Å²) in [6, 6.07) is -0.116. The molecule has 24 heavy (non-hydrogen) atoms. The summed E-state index contributed by atoms with van der Waals surface area (Å²) in [6.45, 7) is 2.46. The number of methoxy groups -OCH3 is 1. The minimum absolute atomic E-state index is 0.0356. The maximum atomic E-state index is 12.4. The van der Waals surface area contributed by atoms with Crippen molar-refractivity contribution in [3.8, 4) is 0 Å². The average Bonchev–Trinajstić information content (AvgIpc) is 2.43. The van der Waals surface area contributed by atoms with Crippen molar-refractivity contribution in [3.63, 3.8) is 0 Å². The SMILES string of the molecule is CCN(CC(=O)O)C1CC(NS(=O)(=O)CC2(C(=O)OC)CCC2)C1. The summed E-state index contributed by atoms with van der Waals surface area (Å²) >= 11 is 0. The van der Waals surface area contributed by atoms with Crippen molar-refractivity contribution in [2.75, 3.05) is 26.0 Å². The predicted molar refractivity (Wildman–Crippen MR) is 86.9 cm³/mol. The molecule has 0 bridgehead atoms. The van der Waals surface area contributed by atoms with Gasteiger partial charge in [-0.1, -0.05) is 13.3 Å². The Morgan fingerprint density at radius 3 is 2.38 bits per heavy atom. The van der Waals surface area contributed by atoms with Crippen LogP contribution in [0.15, 0.2) is 0 Å². The van der Waals surface area contributed by atoms with Crippen LogP contribution in [0.25, 0.3) is 0 Å². The number of hydrogen-bond acceptors (Lipinski definition) is 6. The van der Waals surface area contributed by atoms with Gasteiger partial charge in [-0.05, 0) is 32.2 Å². The maximum Gasteiger partial charge on any atom is 0.317 e. The number of hydrogen-bond donors (Lipinski definition) is 2. The van der Waals surface area contributed by atoms with E-state index in [1.54, 1.807) is 0 Å². The van der Waals surface area contributed by atoms with Gasteiger partial charge in [-0.25, -0.2) is 13.1 Å². The Balaban J connectivity index is 1.86. The highest BCUT2D eigenvalue weighted by atomic mass is 32.2. The lowest BCUT2D eigenvalue weighted by molar-refractivity contribution is -0.156. The topological polar surface area (TPSA) is 113 Å². The molecule has 2 N–H and O–H groups in total. The third-order valence-corrected chi connectivity index (χ3v) is 6.74. The predicted octanol–water partition coefficient (Wildman–Crippen LogP) is 0.187. The van der Waals surface area contributed by atoms with Crippen molar-refractivity contribution >= 4 is 22.0 Å². The molecule has 0 radical (unpaired) electrons. The Labute approximate surface area is 142 Å². The second-order valence-electron chi connectivity index (χ2n) is 6.78. The summed E-state index contributed by atoms with van der Waals surface area (Å²) < 4.78 is 32.1. The van der Waals surface area contributed by atoms with Crippen LogP contribution in [0.4, 0.5) is 0 Å². The van der Waals surface area contributed by atoms with E-state index in [1.807, 2.05) is 11.8 Å². The van der Waals surface area contributed by atoms with E-state index in [2.05, 4.69) is 4.72 Å². The number of carbonyl (C=O) groups is 2. The molecule has 2 aliphatic rings. The van der Waals surface area contributed by atoms with Crippen LogP contribution in [-0.4, -0.2) is 68.4 Å². The lowest BCUT2D eigenvalue weighted by Crippen LogP contribution is -2.56. The first kappa shape index (κ1) is 19.1. The molecule has 0 atom stereocenters. The quantitative estimate of drug-likeness (QED) is 0.563. The molecule has 0 spiro atoms. The number of carboxylic acid groups (broad SMARTS) is 1. The Hall–Kier alpha value is -1.19. The van der Waals surface area contributed by atoms with Gasteiger partial charge < -0.3 is 9.84 Å². The second-order valence-corrected chi connectivity index (χ2v) is 8.54. The van der Waals surface area contributed by atoms with E-state index >= 15 is 0 Å². The summed E-state index contributed by atoms with van der Waals surface area (Å²) in [5.41, 5.74) is -0.900. The molecule has 2 saturated carbocycles. The molecular formula is C15H26N2O6S. The average molecular weight is 362 g/mol. The van der Waals surface area contributed by atoms with E-state index in [4.69, 9.17) is 9.84 Å². The second kappa shape index (κ2) is 7.37. The standard InChI is InChI=1S/C15H26N2O6S/c1-3-17(9-13(18)19)12-7-11(8-12)16-24(21,22)10-15(5-4-6-15)14(20)23-2/h11-12,16H,3-10H2,1-2H3,(H,18,19). The summed E-state index contributed by atoms with van der Waals surface area (Å²) in [4.78, 5) is 24.5. The molecule has 0 amide bonds. The number of aliphatic carboxylic acids is 1. The number of sulfonamides is 1. The van der Waals surface area contributed by atoms with Gasteiger partial charge in [0.05, 0.1) is 24.8 Å². The molecule has 0 heterocycles. The van der Waals surface area contributed by atoms with Crippen LogP contribution in [0.1, 0.15) is 39.0 Å². The summed E-state index contributed by atoms with van der Waals surface area (Å²) in [5, 5.41) is 8.88. The van der Waals surface area contributed by atoms with Gasteiger partial charge >= 0.3 is 11.9 Å². The minimum atomic E-state index is -3.58.